The number of hydrogen-bond acceptors (Lipinski definition) is 3. The fraction of sp³-hybridized carbons (Fsp3) is 0.333. The smallest absolute Gasteiger partial charge is 0.338 e. The molecule has 0 spiro atoms. The first-order chi connectivity index (χ1) is 6.92. The number of hydrogen-bond donors (Lipinski definition) is 0. The molecule has 0 aliphatic heterocycles. The molecule has 0 aromatic heterocycles. The Hall–Kier alpha value is -1.64. The maximum absolute atomic E-state index is 11.6. The van der Waals surface area contributed by atoms with Gasteiger partial charge in [0.15, 0.2) is 0 Å². The molecule has 0 aliphatic carbocycles. The average Bonchev–Trinajstić information content (AvgIpc) is 2.15. The first-order valence-electron chi connectivity index (χ1n) is 4.64. The van der Waals surface area contributed by atoms with E-state index in [-0.39, 0.29) is 0 Å². The molecule has 79 valence electrons. The van der Waals surface area contributed by atoms with E-state index in [4.69, 9.17) is 4.74 Å². The highest BCUT2D eigenvalue weighted by atomic mass is 16.6. The van der Waals surface area contributed by atoms with E-state index in [1.54, 1.807) is 45.3 Å². The number of benzene rings is 1. The van der Waals surface area contributed by atoms with Crippen molar-refractivity contribution < 1.29 is 14.3 Å². The molecule has 1 aromatic carbocycles. The molecule has 3 heteroatoms. The molecule has 0 atom stereocenters. The number of rotatable bonds is 2. The summed E-state index contributed by atoms with van der Waals surface area (Å²) in [5, 5.41) is 0. The Balaban J connectivity index is 2.87. The van der Waals surface area contributed by atoms with Gasteiger partial charge in [0.1, 0.15) is 5.60 Å². The first kappa shape index (κ1) is 11.4. The summed E-state index contributed by atoms with van der Waals surface area (Å²) in [7, 11) is 0. The molecule has 0 bridgehead atoms. The number of esters is 1. The highest BCUT2D eigenvalue weighted by molar-refractivity contribution is 5.91. The summed E-state index contributed by atoms with van der Waals surface area (Å²) in [6.07, 6.45) is 1.73. The van der Waals surface area contributed by atoms with Crippen LogP contribution in [-0.4, -0.2) is 17.9 Å². The summed E-state index contributed by atoms with van der Waals surface area (Å²) >= 11 is 0. The van der Waals surface area contributed by atoms with Gasteiger partial charge in [-0.15, -0.1) is 0 Å². The summed E-state index contributed by atoms with van der Waals surface area (Å²) in [4.78, 5) is 22.0. The lowest BCUT2D eigenvalue weighted by atomic mass is 10.1. The van der Waals surface area contributed by atoms with Crippen LogP contribution < -0.4 is 0 Å². The van der Waals surface area contributed by atoms with E-state index in [1.165, 1.54) is 6.07 Å². The molecule has 3 nitrogen and oxygen atoms in total. The minimum Gasteiger partial charge on any atom is -0.456 e. The fourth-order valence-corrected chi connectivity index (χ4v) is 1.05. The van der Waals surface area contributed by atoms with Crippen molar-refractivity contribution in [1.82, 2.24) is 0 Å². The third-order valence-corrected chi connectivity index (χ3v) is 1.62. The Morgan fingerprint density at radius 1 is 1.33 bits per heavy atom. The molecule has 0 amide bonds. The third-order valence-electron chi connectivity index (χ3n) is 1.62. The van der Waals surface area contributed by atoms with Crippen LogP contribution in [0.15, 0.2) is 24.3 Å². The van der Waals surface area contributed by atoms with Gasteiger partial charge in [0.25, 0.3) is 0 Å². The van der Waals surface area contributed by atoms with Crippen LogP contribution in [-0.2, 0) is 9.53 Å². The van der Waals surface area contributed by atoms with Gasteiger partial charge >= 0.3 is 5.97 Å². The van der Waals surface area contributed by atoms with Crippen LogP contribution >= 0.6 is 0 Å². The molecule has 0 unspecified atom stereocenters. The lowest BCUT2D eigenvalue weighted by Gasteiger charge is -2.19. The Morgan fingerprint density at radius 2 is 2.00 bits per heavy atom. The zero-order valence-corrected chi connectivity index (χ0v) is 9.03. The van der Waals surface area contributed by atoms with Gasteiger partial charge in [-0.25, -0.2) is 4.79 Å². The average molecular weight is 205 g/mol. The predicted molar refractivity (Wildman–Crippen MR) is 56.4 cm³/mol. The van der Waals surface area contributed by atoms with Crippen molar-refractivity contribution in [2.24, 2.45) is 0 Å². The van der Waals surface area contributed by atoms with Gasteiger partial charge in [-0.3, -0.25) is 4.79 Å². The van der Waals surface area contributed by atoms with Crippen LogP contribution in [0.5, 0.6) is 0 Å². The lowest BCUT2D eigenvalue weighted by molar-refractivity contribution is 0.00695. The van der Waals surface area contributed by atoms with E-state index in [1.807, 2.05) is 0 Å². The molecule has 1 radical (unpaired) electrons. The minimum atomic E-state index is -0.530. The molecule has 0 saturated heterocycles. The van der Waals surface area contributed by atoms with Gasteiger partial charge in [0, 0.05) is 5.56 Å². The summed E-state index contributed by atoms with van der Waals surface area (Å²) in [6.45, 7) is 5.38. The Kier molecular flexibility index (Phi) is 3.24. The Labute approximate surface area is 89.1 Å². The highest BCUT2D eigenvalue weighted by Gasteiger charge is 2.17. The van der Waals surface area contributed by atoms with Gasteiger partial charge in [-0.2, -0.15) is 0 Å². The fourth-order valence-electron chi connectivity index (χ4n) is 1.05. The molecule has 15 heavy (non-hydrogen) atoms. The van der Waals surface area contributed by atoms with Crippen LogP contribution in [0.4, 0.5) is 0 Å². The Bertz CT molecular complexity index is 375. The zero-order valence-electron chi connectivity index (χ0n) is 9.03. The molecule has 1 aromatic rings. The molecule has 0 saturated carbocycles. The molecular formula is C12H13O3. The number of carbonyl (C=O) groups excluding carboxylic acids is 2. The molecular weight excluding hydrogens is 192 g/mol. The number of ether oxygens (including phenoxy) is 1. The van der Waals surface area contributed by atoms with Gasteiger partial charge in [-0.05, 0) is 32.9 Å². The first-order valence-corrected chi connectivity index (χ1v) is 4.64. The van der Waals surface area contributed by atoms with Crippen LogP contribution in [0.1, 0.15) is 36.7 Å². The van der Waals surface area contributed by atoms with Crippen LogP contribution in [0, 0.1) is 0 Å². The van der Waals surface area contributed by atoms with E-state index in [0.29, 0.717) is 11.1 Å². The van der Waals surface area contributed by atoms with Crippen molar-refractivity contribution >= 4 is 12.3 Å². The second-order valence-corrected chi connectivity index (χ2v) is 4.18. The number of carbonyl (C=O) groups is 1. The molecule has 0 heterocycles. The molecule has 0 N–H and O–H groups in total. The van der Waals surface area contributed by atoms with Crippen molar-refractivity contribution in [1.29, 1.82) is 0 Å². The Morgan fingerprint density at radius 3 is 2.53 bits per heavy atom. The van der Waals surface area contributed by atoms with E-state index in [9.17, 15) is 9.59 Å². The van der Waals surface area contributed by atoms with Crippen molar-refractivity contribution in [3.8, 4) is 0 Å². The molecule has 1 rings (SSSR count). The summed E-state index contributed by atoms with van der Waals surface area (Å²) in [6, 6.07) is 6.27. The standard InChI is InChI=1S/C12H13O3/c1-12(2,3)15-11(14)10-6-4-5-9(7-10)8-13/h4-7H,1-3H3. The van der Waals surface area contributed by atoms with E-state index >= 15 is 0 Å². The second-order valence-electron chi connectivity index (χ2n) is 4.18. The van der Waals surface area contributed by atoms with E-state index in [0.717, 1.165) is 0 Å². The SMILES string of the molecule is CC(C)(C)OC(=O)c1cccc([C]=O)c1. The molecule has 0 fully saturated rings. The minimum absolute atomic E-state index is 0.346. The topological polar surface area (TPSA) is 43.4 Å². The monoisotopic (exact) mass is 205 g/mol. The highest BCUT2D eigenvalue weighted by Crippen LogP contribution is 2.12. The van der Waals surface area contributed by atoms with Crippen LogP contribution in [0.2, 0.25) is 0 Å². The molecule has 0 aliphatic rings. The largest absolute Gasteiger partial charge is 0.456 e. The van der Waals surface area contributed by atoms with Gasteiger partial charge in [0.2, 0.25) is 6.29 Å². The zero-order chi connectivity index (χ0) is 11.5. The van der Waals surface area contributed by atoms with Gasteiger partial charge in [-0.1, -0.05) is 12.1 Å². The van der Waals surface area contributed by atoms with Crippen molar-refractivity contribution in [2.75, 3.05) is 0 Å². The maximum Gasteiger partial charge on any atom is 0.338 e. The normalized spacial score (nSPS) is 10.9. The lowest BCUT2D eigenvalue weighted by Crippen LogP contribution is -2.23. The predicted octanol–water partition coefficient (Wildman–Crippen LogP) is 2.10. The summed E-state index contributed by atoms with van der Waals surface area (Å²) in [5.74, 6) is -0.431. The summed E-state index contributed by atoms with van der Waals surface area (Å²) < 4.78 is 5.15. The second kappa shape index (κ2) is 4.26. The van der Waals surface area contributed by atoms with E-state index < -0.39 is 11.6 Å². The van der Waals surface area contributed by atoms with E-state index in [2.05, 4.69) is 0 Å². The van der Waals surface area contributed by atoms with Crippen molar-refractivity contribution in [3.05, 3.63) is 35.4 Å². The summed E-state index contributed by atoms with van der Waals surface area (Å²) in [5.41, 5.74) is 0.182. The van der Waals surface area contributed by atoms with Crippen LogP contribution in [0.3, 0.4) is 0 Å². The van der Waals surface area contributed by atoms with Gasteiger partial charge < -0.3 is 4.74 Å². The third kappa shape index (κ3) is 3.54. The quantitative estimate of drug-likeness (QED) is 0.694. The van der Waals surface area contributed by atoms with Crippen LogP contribution in [0.25, 0.3) is 0 Å². The van der Waals surface area contributed by atoms with Gasteiger partial charge in [0.05, 0.1) is 5.56 Å². The maximum atomic E-state index is 11.6. The van der Waals surface area contributed by atoms with Crippen molar-refractivity contribution in [2.45, 2.75) is 26.4 Å². The van der Waals surface area contributed by atoms with Crippen molar-refractivity contribution in [3.63, 3.8) is 0 Å².